The van der Waals surface area contributed by atoms with Crippen LogP contribution in [0.25, 0.3) is 11.0 Å². The van der Waals surface area contributed by atoms with Crippen molar-refractivity contribution >= 4 is 55.7 Å². The summed E-state index contributed by atoms with van der Waals surface area (Å²) in [4.78, 5) is 28.8. The van der Waals surface area contributed by atoms with E-state index in [2.05, 4.69) is 10.3 Å². The predicted molar refractivity (Wildman–Crippen MR) is 162 cm³/mol. The number of esters is 1. The van der Waals surface area contributed by atoms with Crippen LogP contribution in [0.2, 0.25) is 0 Å². The summed E-state index contributed by atoms with van der Waals surface area (Å²) in [7, 11) is -2.64. The first-order valence-corrected chi connectivity index (χ1v) is 15.4. The van der Waals surface area contributed by atoms with E-state index in [4.69, 9.17) is 14.2 Å². The molecular weight excluding hydrogens is 680 g/mol. The number of rotatable bonds is 9. The van der Waals surface area contributed by atoms with Crippen molar-refractivity contribution in [3.05, 3.63) is 87.5 Å². The van der Waals surface area contributed by atoms with Crippen molar-refractivity contribution in [2.75, 3.05) is 7.11 Å². The van der Waals surface area contributed by atoms with Gasteiger partial charge in [-0.25, -0.2) is 31.4 Å². The van der Waals surface area contributed by atoms with E-state index in [1.807, 2.05) is 22.6 Å². The molecule has 10 nitrogen and oxygen atoms in total. The molecule has 0 radical (unpaired) electrons. The van der Waals surface area contributed by atoms with Crippen molar-refractivity contribution in [3.63, 3.8) is 0 Å². The Morgan fingerprint density at radius 2 is 1.79 bits per heavy atom. The SMILES string of the molecule is COC(=O)C(Cc1ccc(Oc2ccnc3c2c(I)cn3S(=O)(=O)Cc2ccccc2)c(F)c1)NC(=O)OC(C)(C)C. The largest absolute Gasteiger partial charge is 0.467 e. The molecule has 1 N–H and O–H groups in total. The van der Waals surface area contributed by atoms with Gasteiger partial charge >= 0.3 is 12.1 Å². The van der Waals surface area contributed by atoms with Gasteiger partial charge in [0.25, 0.3) is 0 Å². The summed E-state index contributed by atoms with van der Waals surface area (Å²) in [5, 5.41) is 2.86. The molecule has 0 aliphatic rings. The van der Waals surface area contributed by atoms with Crippen LogP contribution in [0.4, 0.5) is 9.18 Å². The van der Waals surface area contributed by atoms with Crippen molar-refractivity contribution in [2.24, 2.45) is 0 Å². The lowest BCUT2D eigenvalue weighted by Gasteiger charge is -2.22. The normalized spacial score (nSPS) is 12.5. The Labute approximate surface area is 256 Å². The fraction of sp³-hybridized carbons (Fsp3) is 0.276. The van der Waals surface area contributed by atoms with E-state index in [0.717, 1.165) is 3.97 Å². The first-order valence-electron chi connectivity index (χ1n) is 12.7. The molecule has 4 rings (SSSR count). The van der Waals surface area contributed by atoms with Gasteiger partial charge in [0.05, 0.1) is 18.2 Å². The third-order valence-corrected chi connectivity index (χ3v) is 8.29. The smallest absolute Gasteiger partial charge is 0.408 e. The minimum Gasteiger partial charge on any atom is -0.467 e. The highest BCUT2D eigenvalue weighted by Crippen LogP contribution is 2.35. The predicted octanol–water partition coefficient (Wildman–Crippen LogP) is 5.56. The molecule has 13 heteroatoms. The minimum atomic E-state index is -3.82. The lowest BCUT2D eigenvalue weighted by atomic mass is 10.1. The number of carbonyl (C=O) groups excluding carboxylic acids is 2. The second-order valence-corrected chi connectivity index (χ2v) is 13.3. The van der Waals surface area contributed by atoms with Gasteiger partial charge in [-0.3, -0.25) is 0 Å². The maximum Gasteiger partial charge on any atom is 0.408 e. The number of benzene rings is 2. The molecule has 42 heavy (non-hydrogen) atoms. The fourth-order valence-corrected chi connectivity index (χ4v) is 6.49. The molecule has 1 unspecified atom stereocenters. The number of nitrogens with one attached hydrogen (secondary N) is 1. The number of pyridine rings is 1. The minimum absolute atomic E-state index is 0.0668. The number of aromatic nitrogens is 2. The van der Waals surface area contributed by atoms with E-state index in [0.29, 0.717) is 20.1 Å². The van der Waals surface area contributed by atoms with Gasteiger partial charge in [-0.2, -0.15) is 0 Å². The van der Waals surface area contributed by atoms with E-state index in [1.165, 1.54) is 37.7 Å². The third kappa shape index (κ3) is 7.56. The lowest BCUT2D eigenvalue weighted by molar-refractivity contribution is -0.143. The van der Waals surface area contributed by atoms with Gasteiger partial charge in [0.2, 0.25) is 10.0 Å². The number of amides is 1. The zero-order valence-corrected chi connectivity index (χ0v) is 26.2. The van der Waals surface area contributed by atoms with Gasteiger partial charge in [-0.05, 0) is 72.7 Å². The molecule has 0 aliphatic carbocycles. The third-order valence-electron chi connectivity index (χ3n) is 5.90. The number of hydrogen-bond acceptors (Lipinski definition) is 8. The molecule has 1 atom stereocenters. The van der Waals surface area contributed by atoms with Crippen LogP contribution in [-0.4, -0.2) is 48.2 Å². The molecular formula is C29H29FIN3O7S. The Morgan fingerprint density at radius 1 is 1.07 bits per heavy atom. The van der Waals surface area contributed by atoms with Crippen molar-refractivity contribution in [1.29, 1.82) is 0 Å². The molecule has 2 aromatic heterocycles. The van der Waals surface area contributed by atoms with E-state index in [1.54, 1.807) is 57.2 Å². The Hall–Kier alpha value is -3.72. The summed E-state index contributed by atoms with van der Waals surface area (Å²) in [5.41, 5.74) is 0.386. The Kier molecular flexibility index (Phi) is 9.40. The van der Waals surface area contributed by atoms with Crippen molar-refractivity contribution in [2.45, 2.75) is 44.6 Å². The average molecular weight is 710 g/mol. The van der Waals surface area contributed by atoms with Gasteiger partial charge in [0, 0.05) is 22.4 Å². The van der Waals surface area contributed by atoms with Crippen LogP contribution >= 0.6 is 22.6 Å². The molecule has 0 spiro atoms. The first-order chi connectivity index (χ1) is 19.8. The van der Waals surface area contributed by atoms with Crippen LogP contribution in [0.15, 0.2) is 67.0 Å². The van der Waals surface area contributed by atoms with Crippen LogP contribution in [0, 0.1) is 9.39 Å². The van der Waals surface area contributed by atoms with Crippen LogP contribution in [0.3, 0.4) is 0 Å². The number of nitrogens with zero attached hydrogens (tertiary/aromatic N) is 2. The Bertz CT molecular complexity index is 1720. The monoisotopic (exact) mass is 709 g/mol. The number of alkyl carbamates (subject to hydrolysis) is 1. The van der Waals surface area contributed by atoms with Crippen LogP contribution in [0.1, 0.15) is 31.9 Å². The number of fused-ring (bicyclic) bond motifs is 1. The van der Waals surface area contributed by atoms with E-state index >= 15 is 4.39 Å². The number of halogens is 2. The van der Waals surface area contributed by atoms with E-state index in [-0.39, 0.29) is 29.3 Å². The molecule has 0 bridgehead atoms. The van der Waals surface area contributed by atoms with E-state index in [9.17, 15) is 18.0 Å². The molecule has 222 valence electrons. The number of methoxy groups -OCH3 is 1. The molecule has 4 aromatic rings. The molecule has 2 aromatic carbocycles. The van der Waals surface area contributed by atoms with Gasteiger partial charge < -0.3 is 19.5 Å². The maximum absolute atomic E-state index is 15.2. The number of carbonyl (C=O) groups is 2. The van der Waals surface area contributed by atoms with Crippen LogP contribution < -0.4 is 10.1 Å². The summed E-state index contributed by atoms with van der Waals surface area (Å²) in [5.74, 6) is -1.60. The second-order valence-electron chi connectivity index (χ2n) is 10.3. The Morgan fingerprint density at radius 3 is 2.43 bits per heavy atom. The zero-order valence-electron chi connectivity index (χ0n) is 23.3. The molecule has 0 saturated carbocycles. The number of hydrogen-bond donors (Lipinski definition) is 1. The second kappa shape index (κ2) is 12.7. The lowest BCUT2D eigenvalue weighted by Crippen LogP contribution is -2.45. The Balaban J connectivity index is 1.57. The fourth-order valence-electron chi connectivity index (χ4n) is 4.10. The summed E-state index contributed by atoms with van der Waals surface area (Å²) >= 11 is 1.98. The quantitative estimate of drug-likeness (QED) is 0.177. The van der Waals surface area contributed by atoms with Crippen molar-refractivity contribution in [3.8, 4) is 11.5 Å². The molecule has 1 amide bonds. The van der Waals surface area contributed by atoms with Crippen LogP contribution in [0.5, 0.6) is 11.5 Å². The topological polar surface area (TPSA) is 126 Å². The highest BCUT2D eigenvalue weighted by molar-refractivity contribution is 14.1. The number of ether oxygens (including phenoxy) is 3. The summed E-state index contributed by atoms with van der Waals surface area (Å²) in [6, 6.07) is 13.3. The van der Waals surface area contributed by atoms with Gasteiger partial charge in [-0.15, -0.1) is 0 Å². The summed E-state index contributed by atoms with van der Waals surface area (Å²) < 4.78 is 59.2. The highest BCUT2D eigenvalue weighted by atomic mass is 127. The van der Waals surface area contributed by atoms with Crippen LogP contribution in [-0.2, 0) is 36.5 Å². The van der Waals surface area contributed by atoms with Gasteiger partial charge in [0.1, 0.15) is 17.4 Å². The standard InChI is InChI=1S/C29H29FIN3O7S/c1-29(2,3)41-28(36)33-22(27(35)39-4)15-19-10-11-23(20(30)14-19)40-24-12-13-32-26-25(24)21(31)16-34(26)42(37,38)17-18-8-6-5-7-9-18/h5-14,16,22H,15,17H2,1-4H3,(H,33,36). The van der Waals surface area contributed by atoms with Gasteiger partial charge in [0.15, 0.2) is 17.2 Å². The van der Waals surface area contributed by atoms with Crippen molar-refractivity contribution < 1.29 is 36.6 Å². The molecule has 0 aliphatic heterocycles. The average Bonchev–Trinajstić information content (AvgIpc) is 3.27. The summed E-state index contributed by atoms with van der Waals surface area (Å²) in [6.07, 6.45) is 1.96. The first kappa shape index (κ1) is 31.2. The molecule has 0 saturated heterocycles. The summed E-state index contributed by atoms with van der Waals surface area (Å²) in [6.45, 7) is 5.05. The highest BCUT2D eigenvalue weighted by Gasteiger charge is 2.26. The van der Waals surface area contributed by atoms with E-state index < -0.39 is 39.5 Å². The molecule has 0 fully saturated rings. The van der Waals surface area contributed by atoms with Crippen molar-refractivity contribution in [1.82, 2.24) is 14.3 Å². The molecule has 2 heterocycles. The zero-order chi connectivity index (χ0) is 30.7. The van der Waals surface area contributed by atoms with Gasteiger partial charge in [-0.1, -0.05) is 36.4 Å². The maximum atomic E-state index is 15.2.